The predicted octanol–water partition coefficient (Wildman–Crippen LogP) is 3.63. The molecule has 2 atom stereocenters. The molecule has 1 saturated carbocycles. The van der Waals surface area contributed by atoms with Crippen molar-refractivity contribution in [2.75, 3.05) is 13.7 Å². The molecule has 0 aromatic heterocycles. The molecular weight excluding hydrogens is 250 g/mol. The number of para-hydroxylation sites is 2. The van der Waals surface area contributed by atoms with Gasteiger partial charge in [0.25, 0.3) is 0 Å². The molecule has 20 heavy (non-hydrogen) atoms. The Balaban J connectivity index is 2.16. The molecule has 1 aromatic rings. The number of hydrogen-bond acceptors (Lipinski definition) is 3. The van der Waals surface area contributed by atoms with Crippen LogP contribution in [0.25, 0.3) is 0 Å². The fourth-order valence-corrected chi connectivity index (χ4v) is 3.27. The number of hydrogen-bond donors (Lipinski definition) is 1. The van der Waals surface area contributed by atoms with Crippen LogP contribution in [0.5, 0.6) is 11.5 Å². The molecule has 0 spiro atoms. The van der Waals surface area contributed by atoms with Gasteiger partial charge in [0.15, 0.2) is 11.5 Å². The third-order valence-electron chi connectivity index (χ3n) is 4.26. The second kappa shape index (κ2) is 6.49. The normalized spacial score (nSPS) is 25.2. The second-order valence-corrected chi connectivity index (χ2v) is 6.18. The Kier molecular flexibility index (Phi) is 4.92. The van der Waals surface area contributed by atoms with Crippen molar-refractivity contribution in [3.05, 3.63) is 24.3 Å². The standard InChI is InChI=1S/C17H27NO2/c1-5-19-13-9-6-7-10-14(13)20-15-11-8-12-17(2,3)16(15)18-4/h6-7,9-10,15-16,18H,5,8,11-12H2,1-4H3. The molecule has 0 heterocycles. The van der Waals surface area contributed by atoms with E-state index in [4.69, 9.17) is 9.47 Å². The summed E-state index contributed by atoms with van der Waals surface area (Å²) in [5.41, 5.74) is 0.262. The highest BCUT2D eigenvalue weighted by atomic mass is 16.5. The Morgan fingerprint density at radius 2 is 1.95 bits per heavy atom. The first-order chi connectivity index (χ1) is 9.58. The molecule has 0 bridgehead atoms. The van der Waals surface area contributed by atoms with Crippen molar-refractivity contribution in [3.63, 3.8) is 0 Å². The van der Waals surface area contributed by atoms with Crippen molar-refractivity contribution >= 4 is 0 Å². The summed E-state index contributed by atoms with van der Waals surface area (Å²) in [5, 5.41) is 3.45. The zero-order chi connectivity index (χ0) is 14.6. The average molecular weight is 277 g/mol. The molecule has 1 fully saturated rings. The maximum Gasteiger partial charge on any atom is 0.161 e. The van der Waals surface area contributed by atoms with Crippen molar-refractivity contribution in [3.8, 4) is 11.5 Å². The Hall–Kier alpha value is -1.22. The summed E-state index contributed by atoms with van der Waals surface area (Å²) in [6.07, 6.45) is 3.75. The van der Waals surface area contributed by atoms with Gasteiger partial charge in [0.05, 0.1) is 6.61 Å². The Bertz CT molecular complexity index is 431. The molecule has 0 radical (unpaired) electrons. The largest absolute Gasteiger partial charge is 0.490 e. The monoisotopic (exact) mass is 277 g/mol. The summed E-state index contributed by atoms with van der Waals surface area (Å²) < 4.78 is 11.9. The van der Waals surface area contributed by atoms with E-state index in [2.05, 4.69) is 19.2 Å². The number of ether oxygens (including phenoxy) is 2. The average Bonchev–Trinajstić information content (AvgIpc) is 2.40. The third kappa shape index (κ3) is 3.26. The molecule has 3 nitrogen and oxygen atoms in total. The van der Waals surface area contributed by atoms with E-state index >= 15 is 0 Å². The molecule has 112 valence electrons. The number of benzene rings is 1. The lowest BCUT2D eigenvalue weighted by Gasteiger charge is -2.43. The minimum Gasteiger partial charge on any atom is -0.490 e. The molecule has 1 aromatic carbocycles. The van der Waals surface area contributed by atoms with Crippen LogP contribution in [0, 0.1) is 5.41 Å². The lowest BCUT2D eigenvalue weighted by molar-refractivity contribution is 0.0384. The molecule has 0 saturated heterocycles. The molecule has 2 unspecified atom stereocenters. The summed E-state index contributed by atoms with van der Waals surface area (Å²) in [4.78, 5) is 0. The van der Waals surface area contributed by atoms with Crippen molar-refractivity contribution < 1.29 is 9.47 Å². The topological polar surface area (TPSA) is 30.5 Å². The van der Waals surface area contributed by atoms with E-state index in [0.717, 1.165) is 17.9 Å². The number of nitrogens with one attached hydrogen (secondary N) is 1. The number of rotatable bonds is 5. The van der Waals surface area contributed by atoms with E-state index in [1.165, 1.54) is 12.8 Å². The second-order valence-electron chi connectivity index (χ2n) is 6.18. The summed E-state index contributed by atoms with van der Waals surface area (Å²) in [5.74, 6) is 1.70. The van der Waals surface area contributed by atoms with Gasteiger partial charge < -0.3 is 14.8 Å². The van der Waals surface area contributed by atoms with Gasteiger partial charge in [-0.25, -0.2) is 0 Å². The zero-order valence-electron chi connectivity index (χ0n) is 13.1. The van der Waals surface area contributed by atoms with Crippen LogP contribution >= 0.6 is 0 Å². The van der Waals surface area contributed by atoms with Gasteiger partial charge in [-0.3, -0.25) is 0 Å². The van der Waals surface area contributed by atoms with Gasteiger partial charge in [-0.15, -0.1) is 0 Å². The first-order valence-corrected chi connectivity index (χ1v) is 7.64. The van der Waals surface area contributed by atoms with Crippen molar-refractivity contribution in [1.29, 1.82) is 0 Å². The summed E-state index contributed by atoms with van der Waals surface area (Å²) in [6, 6.07) is 8.32. The Morgan fingerprint density at radius 3 is 2.60 bits per heavy atom. The molecule has 1 aliphatic carbocycles. The van der Waals surface area contributed by atoms with Gasteiger partial charge in [-0.2, -0.15) is 0 Å². The van der Waals surface area contributed by atoms with Gasteiger partial charge in [-0.1, -0.05) is 26.0 Å². The minimum absolute atomic E-state index is 0.199. The van der Waals surface area contributed by atoms with Crippen molar-refractivity contribution in [2.45, 2.75) is 52.2 Å². The van der Waals surface area contributed by atoms with Crippen LogP contribution < -0.4 is 14.8 Å². The highest BCUT2D eigenvalue weighted by Crippen LogP contribution is 2.38. The van der Waals surface area contributed by atoms with Crippen LogP contribution in [0.3, 0.4) is 0 Å². The van der Waals surface area contributed by atoms with Gasteiger partial charge in [0.1, 0.15) is 6.10 Å². The highest BCUT2D eigenvalue weighted by molar-refractivity contribution is 5.39. The summed E-state index contributed by atoms with van der Waals surface area (Å²) in [7, 11) is 2.03. The smallest absolute Gasteiger partial charge is 0.161 e. The lowest BCUT2D eigenvalue weighted by Crippen LogP contribution is -2.53. The van der Waals surface area contributed by atoms with Gasteiger partial charge >= 0.3 is 0 Å². The molecule has 1 N–H and O–H groups in total. The quantitative estimate of drug-likeness (QED) is 0.891. The molecular formula is C17H27NO2. The van der Waals surface area contributed by atoms with Crippen molar-refractivity contribution in [2.24, 2.45) is 5.41 Å². The lowest BCUT2D eigenvalue weighted by atomic mass is 9.72. The maximum absolute atomic E-state index is 6.29. The Morgan fingerprint density at radius 1 is 1.25 bits per heavy atom. The SMILES string of the molecule is CCOc1ccccc1OC1CCCC(C)(C)C1NC. The van der Waals surface area contributed by atoms with Crippen LogP contribution in [-0.4, -0.2) is 25.8 Å². The third-order valence-corrected chi connectivity index (χ3v) is 4.26. The van der Waals surface area contributed by atoms with Crippen LogP contribution in [0.4, 0.5) is 0 Å². The van der Waals surface area contributed by atoms with E-state index in [0.29, 0.717) is 12.6 Å². The summed E-state index contributed by atoms with van der Waals surface area (Å²) >= 11 is 0. The minimum atomic E-state index is 0.199. The first kappa shape index (κ1) is 15.2. The van der Waals surface area contributed by atoms with E-state index < -0.39 is 0 Å². The maximum atomic E-state index is 6.29. The van der Waals surface area contributed by atoms with E-state index in [1.807, 2.05) is 38.2 Å². The van der Waals surface area contributed by atoms with Crippen molar-refractivity contribution in [1.82, 2.24) is 5.32 Å². The highest BCUT2D eigenvalue weighted by Gasteiger charge is 2.39. The zero-order valence-corrected chi connectivity index (χ0v) is 13.1. The molecule has 3 heteroatoms. The number of likely N-dealkylation sites (N-methyl/N-ethyl adjacent to an activating group) is 1. The van der Waals surface area contributed by atoms with E-state index in [1.54, 1.807) is 0 Å². The van der Waals surface area contributed by atoms with Crippen LogP contribution in [0.15, 0.2) is 24.3 Å². The predicted molar refractivity (Wildman–Crippen MR) is 82.5 cm³/mol. The Labute approximate surface area is 122 Å². The molecule has 1 aliphatic rings. The van der Waals surface area contributed by atoms with E-state index in [-0.39, 0.29) is 11.5 Å². The van der Waals surface area contributed by atoms with Crippen LogP contribution in [-0.2, 0) is 0 Å². The fourth-order valence-electron chi connectivity index (χ4n) is 3.27. The molecule has 2 rings (SSSR count). The first-order valence-electron chi connectivity index (χ1n) is 7.64. The van der Waals surface area contributed by atoms with Gasteiger partial charge in [0.2, 0.25) is 0 Å². The fraction of sp³-hybridized carbons (Fsp3) is 0.647. The van der Waals surface area contributed by atoms with Gasteiger partial charge in [-0.05, 0) is 50.8 Å². The summed E-state index contributed by atoms with van der Waals surface area (Å²) in [6.45, 7) is 7.29. The van der Waals surface area contributed by atoms with Crippen LogP contribution in [0.2, 0.25) is 0 Å². The molecule has 0 amide bonds. The van der Waals surface area contributed by atoms with E-state index in [9.17, 15) is 0 Å². The van der Waals surface area contributed by atoms with Gasteiger partial charge in [0, 0.05) is 6.04 Å². The van der Waals surface area contributed by atoms with Crippen LogP contribution in [0.1, 0.15) is 40.0 Å². The molecule has 0 aliphatic heterocycles.